The summed E-state index contributed by atoms with van der Waals surface area (Å²) in [7, 11) is -0.640. The number of ether oxygens (including phenoxy) is 2. The second-order valence-corrected chi connectivity index (χ2v) is 6.83. The number of hydrogen-bond acceptors (Lipinski definition) is 5. The summed E-state index contributed by atoms with van der Waals surface area (Å²) >= 11 is 0. The molecule has 1 heterocycles. The molecule has 1 aromatic carbocycles. The zero-order valence-corrected chi connectivity index (χ0v) is 12.2. The van der Waals surface area contributed by atoms with Crippen LogP contribution in [0.15, 0.2) is 23.1 Å². The Labute approximate surface area is 118 Å². The smallest absolute Gasteiger partial charge is 0.244 e. The van der Waals surface area contributed by atoms with Crippen molar-refractivity contribution < 1.29 is 17.9 Å². The van der Waals surface area contributed by atoms with Crippen LogP contribution in [0, 0.1) is 11.8 Å². The van der Waals surface area contributed by atoms with Gasteiger partial charge in [0.05, 0.1) is 14.2 Å². The van der Waals surface area contributed by atoms with Gasteiger partial charge in [-0.2, -0.15) is 0 Å². The fraction of sp³-hybridized carbons (Fsp3) is 0.538. The molecular formula is C13H18N2O4S. The monoisotopic (exact) mass is 298 g/mol. The Bertz CT molecular complexity index is 607. The molecule has 110 valence electrons. The molecule has 1 saturated carbocycles. The zero-order valence-electron chi connectivity index (χ0n) is 11.4. The van der Waals surface area contributed by atoms with Crippen LogP contribution in [0.2, 0.25) is 0 Å². The fourth-order valence-electron chi connectivity index (χ4n) is 2.83. The Morgan fingerprint density at radius 1 is 1.20 bits per heavy atom. The first-order valence-electron chi connectivity index (χ1n) is 6.52. The Kier molecular flexibility index (Phi) is 3.35. The molecule has 1 saturated heterocycles. The summed E-state index contributed by atoms with van der Waals surface area (Å²) in [6.45, 7) is 1.76. The third kappa shape index (κ3) is 2.25. The Hall–Kier alpha value is -1.31. The van der Waals surface area contributed by atoms with Gasteiger partial charge in [-0.1, -0.05) is 0 Å². The van der Waals surface area contributed by atoms with E-state index in [2.05, 4.69) is 10.0 Å². The predicted molar refractivity (Wildman–Crippen MR) is 73.5 cm³/mol. The fourth-order valence-corrected chi connectivity index (χ4v) is 4.35. The number of fused-ring (bicyclic) bond motifs is 1. The maximum Gasteiger partial charge on any atom is 0.244 e. The van der Waals surface area contributed by atoms with E-state index in [1.807, 2.05) is 0 Å². The molecule has 2 aliphatic rings. The lowest BCUT2D eigenvalue weighted by Gasteiger charge is -2.13. The molecule has 2 unspecified atom stereocenters. The van der Waals surface area contributed by atoms with E-state index in [1.165, 1.54) is 20.3 Å². The highest BCUT2D eigenvalue weighted by molar-refractivity contribution is 7.89. The minimum absolute atomic E-state index is 0.0390. The summed E-state index contributed by atoms with van der Waals surface area (Å²) in [4.78, 5) is 0.122. The largest absolute Gasteiger partial charge is 0.497 e. The standard InChI is InChI=1S/C13H18N2O4S/c1-18-8-3-4-11(19-2)12(5-8)20(16,17)15-13-9-6-14-7-10(9)13/h3-5,9-10,13-15H,6-7H2,1-2H3. The van der Waals surface area contributed by atoms with Crippen LogP contribution < -0.4 is 19.5 Å². The third-order valence-electron chi connectivity index (χ3n) is 4.04. The minimum Gasteiger partial charge on any atom is -0.497 e. The van der Waals surface area contributed by atoms with E-state index in [0.29, 0.717) is 23.3 Å². The summed E-state index contributed by atoms with van der Waals surface area (Å²) in [5, 5.41) is 3.24. The van der Waals surface area contributed by atoms with Gasteiger partial charge in [0.1, 0.15) is 16.4 Å². The summed E-state index contributed by atoms with van der Waals surface area (Å²) in [6, 6.07) is 4.80. The molecule has 0 aromatic heterocycles. The van der Waals surface area contributed by atoms with E-state index >= 15 is 0 Å². The van der Waals surface area contributed by atoms with E-state index < -0.39 is 10.0 Å². The lowest BCUT2D eigenvalue weighted by Crippen LogP contribution is -2.32. The predicted octanol–water partition coefficient (Wildman–Crippen LogP) is 0.200. The van der Waals surface area contributed by atoms with Crippen LogP contribution in [0.4, 0.5) is 0 Å². The average Bonchev–Trinajstić information content (AvgIpc) is 2.89. The van der Waals surface area contributed by atoms with Crippen LogP contribution in [-0.4, -0.2) is 41.8 Å². The number of methoxy groups -OCH3 is 2. The first-order valence-corrected chi connectivity index (χ1v) is 8.00. The van der Waals surface area contributed by atoms with E-state index in [0.717, 1.165) is 13.1 Å². The average molecular weight is 298 g/mol. The van der Waals surface area contributed by atoms with Gasteiger partial charge in [0.2, 0.25) is 10.0 Å². The Morgan fingerprint density at radius 3 is 2.50 bits per heavy atom. The zero-order chi connectivity index (χ0) is 14.3. The van der Waals surface area contributed by atoms with Crippen molar-refractivity contribution >= 4 is 10.0 Å². The van der Waals surface area contributed by atoms with Gasteiger partial charge in [-0.3, -0.25) is 0 Å². The van der Waals surface area contributed by atoms with Crippen molar-refractivity contribution in [2.45, 2.75) is 10.9 Å². The molecule has 0 radical (unpaired) electrons. The number of nitrogens with one attached hydrogen (secondary N) is 2. The quantitative estimate of drug-likeness (QED) is 0.812. The van der Waals surface area contributed by atoms with Crippen LogP contribution >= 0.6 is 0 Å². The number of benzene rings is 1. The molecular weight excluding hydrogens is 280 g/mol. The van der Waals surface area contributed by atoms with E-state index in [-0.39, 0.29) is 10.9 Å². The van der Waals surface area contributed by atoms with Gasteiger partial charge in [-0.15, -0.1) is 0 Å². The maximum atomic E-state index is 12.5. The van der Waals surface area contributed by atoms with Crippen LogP contribution in [-0.2, 0) is 10.0 Å². The third-order valence-corrected chi connectivity index (χ3v) is 5.52. The topological polar surface area (TPSA) is 76.7 Å². The molecule has 0 amide bonds. The summed E-state index contributed by atoms with van der Waals surface area (Å²) in [5.41, 5.74) is 0. The molecule has 6 nitrogen and oxygen atoms in total. The lowest BCUT2D eigenvalue weighted by atomic mass is 10.3. The van der Waals surface area contributed by atoms with Gasteiger partial charge >= 0.3 is 0 Å². The Balaban J connectivity index is 1.86. The van der Waals surface area contributed by atoms with E-state index in [9.17, 15) is 8.42 Å². The highest BCUT2D eigenvalue weighted by Gasteiger charge is 2.54. The van der Waals surface area contributed by atoms with Crippen molar-refractivity contribution in [1.82, 2.24) is 10.0 Å². The maximum absolute atomic E-state index is 12.5. The van der Waals surface area contributed by atoms with E-state index in [1.54, 1.807) is 12.1 Å². The van der Waals surface area contributed by atoms with Gasteiger partial charge in [0, 0.05) is 12.1 Å². The molecule has 20 heavy (non-hydrogen) atoms. The van der Waals surface area contributed by atoms with Crippen molar-refractivity contribution in [3.8, 4) is 11.5 Å². The van der Waals surface area contributed by atoms with Gasteiger partial charge in [-0.05, 0) is 37.1 Å². The molecule has 2 fully saturated rings. The van der Waals surface area contributed by atoms with Gasteiger partial charge in [0.25, 0.3) is 0 Å². The van der Waals surface area contributed by atoms with Crippen LogP contribution in [0.3, 0.4) is 0 Å². The SMILES string of the molecule is COc1ccc(OC)c(S(=O)(=O)NC2C3CNCC32)c1. The summed E-state index contributed by atoms with van der Waals surface area (Å²) in [6.07, 6.45) is 0. The normalized spacial score (nSPS) is 28.0. The molecule has 1 aliphatic heterocycles. The molecule has 2 N–H and O–H groups in total. The summed E-state index contributed by atoms with van der Waals surface area (Å²) in [5.74, 6) is 1.65. The molecule has 7 heteroatoms. The second-order valence-electron chi connectivity index (χ2n) is 5.15. The van der Waals surface area contributed by atoms with Crippen molar-refractivity contribution in [1.29, 1.82) is 0 Å². The molecule has 1 aromatic rings. The highest BCUT2D eigenvalue weighted by atomic mass is 32.2. The van der Waals surface area contributed by atoms with E-state index in [4.69, 9.17) is 9.47 Å². The van der Waals surface area contributed by atoms with Crippen molar-refractivity contribution in [3.05, 3.63) is 18.2 Å². The number of piperidine rings is 1. The molecule has 3 rings (SSSR count). The van der Waals surface area contributed by atoms with Crippen LogP contribution in [0.1, 0.15) is 0 Å². The summed E-state index contributed by atoms with van der Waals surface area (Å²) < 4.78 is 38.0. The first-order chi connectivity index (χ1) is 9.56. The van der Waals surface area contributed by atoms with Gasteiger partial charge in [-0.25, -0.2) is 13.1 Å². The van der Waals surface area contributed by atoms with Gasteiger partial charge < -0.3 is 14.8 Å². The molecule has 2 atom stereocenters. The number of rotatable bonds is 5. The number of sulfonamides is 1. The van der Waals surface area contributed by atoms with Crippen LogP contribution in [0.5, 0.6) is 11.5 Å². The highest BCUT2D eigenvalue weighted by Crippen LogP contribution is 2.43. The van der Waals surface area contributed by atoms with Crippen LogP contribution in [0.25, 0.3) is 0 Å². The van der Waals surface area contributed by atoms with Crippen molar-refractivity contribution in [2.75, 3.05) is 27.3 Å². The van der Waals surface area contributed by atoms with Gasteiger partial charge in [0.15, 0.2) is 0 Å². The first kappa shape index (κ1) is 13.7. The number of hydrogen-bond donors (Lipinski definition) is 2. The second kappa shape index (κ2) is 4.91. The minimum atomic E-state index is -3.60. The molecule has 0 spiro atoms. The molecule has 0 bridgehead atoms. The van der Waals surface area contributed by atoms with Crippen molar-refractivity contribution in [3.63, 3.8) is 0 Å². The van der Waals surface area contributed by atoms with Crippen molar-refractivity contribution in [2.24, 2.45) is 11.8 Å². The Morgan fingerprint density at radius 2 is 1.90 bits per heavy atom. The lowest BCUT2D eigenvalue weighted by molar-refractivity contribution is 0.391. The molecule has 1 aliphatic carbocycles.